The van der Waals surface area contributed by atoms with Gasteiger partial charge in [0.05, 0.1) is 0 Å². The number of hydrogen-bond donors (Lipinski definition) is 1. The number of nitrogens with one attached hydrogen (secondary N) is 1. The standard InChI is InChI=1S/C12H14N4O3/c13-16-15-7-3-6-14-12(17)11-8-18-9-4-1-2-5-10(9)19-11/h1-2,4-5,11H,3,6-8H2,(H,14,17). The highest BCUT2D eigenvalue weighted by molar-refractivity contribution is 5.81. The Morgan fingerprint density at radius 2 is 2.26 bits per heavy atom. The van der Waals surface area contributed by atoms with Crippen molar-refractivity contribution >= 4 is 5.91 Å². The van der Waals surface area contributed by atoms with Crippen LogP contribution in [-0.2, 0) is 4.79 Å². The van der Waals surface area contributed by atoms with Crippen LogP contribution in [-0.4, -0.2) is 31.7 Å². The third-order valence-corrected chi connectivity index (χ3v) is 2.60. The van der Waals surface area contributed by atoms with Gasteiger partial charge in [-0.05, 0) is 24.1 Å². The molecule has 0 saturated carbocycles. The first-order chi connectivity index (χ1) is 9.31. The molecule has 0 aromatic heterocycles. The lowest BCUT2D eigenvalue weighted by molar-refractivity contribution is -0.130. The van der Waals surface area contributed by atoms with Crippen molar-refractivity contribution in [1.29, 1.82) is 0 Å². The van der Waals surface area contributed by atoms with Gasteiger partial charge < -0.3 is 14.8 Å². The number of carbonyl (C=O) groups is 1. The van der Waals surface area contributed by atoms with Gasteiger partial charge in [0.15, 0.2) is 11.5 Å². The molecule has 1 aliphatic heterocycles. The van der Waals surface area contributed by atoms with Crippen molar-refractivity contribution in [3.8, 4) is 11.5 Å². The predicted octanol–water partition coefficient (Wildman–Crippen LogP) is 1.64. The normalized spacial score (nSPS) is 16.3. The van der Waals surface area contributed by atoms with Gasteiger partial charge in [0.1, 0.15) is 6.61 Å². The molecule has 1 aromatic rings. The summed E-state index contributed by atoms with van der Waals surface area (Å²) >= 11 is 0. The minimum absolute atomic E-state index is 0.194. The Balaban J connectivity index is 1.80. The van der Waals surface area contributed by atoms with Gasteiger partial charge in [0.25, 0.3) is 5.91 Å². The van der Waals surface area contributed by atoms with E-state index in [4.69, 9.17) is 15.0 Å². The molecule has 7 nitrogen and oxygen atoms in total. The molecule has 0 aliphatic carbocycles. The molecule has 7 heteroatoms. The monoisotopic (exact) mass is 262 g/mol. The summed E-state index contributed by atoms with van der Waals surface area (Å²) in [5.41, 5.74) is 8.11. The SMILES string of the molecule is [N-]=[N+]=NCCCNC(=O)C1COc2ccccc2O1. The minimum atomic E-state index is -0.644. The third-order valence-electron chi connectivity index (χ3n) is 2.60. The first kappa shape index (κ1) is 13.0. The number of azide groups is 1. The highest BCUT2D eigenvalue weighted by atomic mass is 16.6. The zero-order valence-electron chi connectivity index (χ0n) is 10.3. The largest absolute Gasteiger partial charge is 0.485 e. The van der Waals surface area contributed by atoms with Gasteiger partial charge in [-0.15, -0.1) is 0 Å². The van der Waals surface area contributed by atoms with E-state index in [0.29, 0.717) is 31.0 Å². The van der Waals surface area contributed by atoms with Gasteiger partial charge in [0.2, 0.25) is 6.10 Å². The van der Waals surface area contributed by atoms with E-state index in [2.05, 4.69) is 15.3 Å². The molecule has 0 spiro atoms. The number of carbonyl (C=O) groups excluding carboxylic acids is 1. The molecule has 1 aliphatic rings. The summed E-state index contributed by atoms with van der Waals surface area (Å²) in [5.74, 6) is 0.994. The average molecular weight is 262 g/mol. The number of nitrogens with zero attached hydrogens (tertiary/aromatic N) is 3. The highest BCUT2D eigenvalue weighted by Crippen LogP contribution is 2.30. The second kappa shape index (κ2) is 6.51. The molecular weight excluding hydrogens is 248 g/mol. The van der Waals surface area contributed by atoms with Crippen LogP contribution in [0.15, 0.2) is 29.4 Å². The molecule has 19 heavy (non-hydrogen) atoms. The van der Waals surface area contributed by atoms with Crippen LogP contribution in [0.4, 0.5) is 0 Å². The predicted molar refractivity (Wildman–Crippen MR) is 68.0 cm³/mol. The van der Waals surface area contributed by atoms with E-state index in [-0.39, 0.29) is 12.5 Å². The summed E-state index contributed by atoms with van der Waals surface area (Å²) in [6, 6.07) is 7.22. The number of rotatable bonds is 5. The summed E-state index contributed by atoms with van der Waals surface area (Å²) in [6.07, 6.45) is -0.0469. The number of hydrogen-bond acceptors (Lipinski definition) is 4. The fraction of sp³-hybridized carbons (Fsp3) is 0.417. The van der Waals surface area contributed by atoms with Crippen LogP contribution in [0.25, 0.3) is 10.4 Å². The van der Waals surface area contributed by atoms with Gasteiger partial charge in [-0.3, -0.25) is 4.79 Å². The van der Waals surface area contributed by atoms with Crippen LogP contribution >= 0.6 is 0 Å². The van der Waals surface area contributed by atoms with Crippen LogP contribution < -0.4 is 14.8 Å². The molecule has 0 bridgehead atoms. The molecule has 1 atom stereocenters. The molecule has 1 heterocycles. The molecule has 0 fully saturated rings. The minimum Gasteiger partial charge on any atom is -0.485 e. The van der Waals surface area contributed by atoms with Gasteiger partial charge in [-0.2, -0.15) is 0 Å². The van der Waals surface area contributed by atoms with E-state index in [9.17, 15) is 4.79 Å². The Hall–Kier alpha value is -2.40. The number of para-hydroxylation sites is 2. The fourth-order valence-electron chi connectivity index (χ4n) is 1.67. The Morgan fingerprint density at radius 1 is 1.47 bits per heavy atom. The van der Waals surface area contributed by atoms with Gasteiger partial charge in [-0.1, -0.05) is 17.2 Å². The van der Waals surface area contributed by atoms with E-state index in [1.165, 1.54) is 0 Å². The maximum absolute atomic E-state index is 11.8. The van der Waals surface area contributed by atoms with Crippen LogP contribution in [0.5, 0.6) is 11.5 Å². The van der Waals surface area contributed by atoms with Crippen LogP contribution in [0.2, 0.25) is 0 Å². The summed E-state index contributed by atoms with van der Waals surface area (Å²) in [7, 11) is 0. The van der Waals surface area contributed by atoms with E-state index in [0.717, 1.165) is 0 Å². The molecule has 1 amide bonds. The Labute approximate surface area is 110 Å². The third kappa shape index (κ3) is 3.53. The summed E-state index contributed by atoms with van der Waals surface area (Å²) in [4.78, 5) is 14.5. The Bertz CT molecular complexity index is 500. The number of ether oxygens (including phenoxy) is 2. The molecular formula is C12H14N4O3. The van der Waals surface area contributed by atoms with Crippen molar-refractivity contribution in [3.63, 3.8) is 0 Å². The van der Waals surface area contributed by atoms with Crippen LogP contribution in [0.3, 0.4) is 0 Å². The van der Waals surface area contributed by atoms with E-state index < -0.39 is 6.10 Å². The van der Waals surface area contributed by atoms with E-state index >= 15 is 0 Å². The number of amides is 1. The molecule has 1 N–H and O–H groups in total. The van der Waals surface area contributed by atoms with Gasteiger partial charge in [-0.25, -0.2) is 0 Å². The van der Waals surface area contributed by atoms with Crippen LogP contribution in [0, 0.1) is 0 Å². The lowest BCUT2D eigenvalue weighted by atomic mass is 10.2. The smallest absolute Gasteiger partial charge is 0.264 e. The maximum Gasteiger partial charge on any atom is 0.264 e. The van der Waals surface area contributed by atoms with Gasteiger partial charge >= 0.3 is 0 Å². The first-order valence-corrected chi connectivity index (χ1v) is 5.98. The van der Waals surface area contributed by atoms with Crippen molar-refractivity contribution in [1.82, 2.24) is 5.32 Å². The van der Waals surface area contributed by atoms with E-state index in [1.54, 1.807) is 12.1 Å². The van der Waals surface area contributed by atoms with E-state index in [1.807, 2.05) is 12.1 Å². The fourth-order valence-corrected chi connectivity index (χ4v) is 1.67. The van der Waals surface area contributed by atoms with Gasteiger partial charge in [0, 0.05) is 18.0 Å². The zero-order valence-corrected chi connectivity index (χ0v) is 10.3. The molecule has 0 radical (unpaired) electrons. The quantitative estimate of drug-likeness (QED) is 0.378. The second-order valence-electron chi connectivity index (χ2n) is 3.96. The molecule has 0 saturated heterocycles. The van der Waals surface area contributed by atoms with Crippen molar-refractivity contribution < 1.29 is 14.3 Å². The average Bonchev–Trinajstić information content (AvgIpc) is 2.46. The Morgan fingerprint density at radius 3 is 3.05 bits per heavy atom. The maximum atomic E-state index is 11.8. The number of benzene rings is 1. The van der Waals surface area contributed by atoms with Crippen molar-refractivity contribution in [3.05, 3.63) is 34.7 Å². The molecule has 2 rings (SSSR count). The van der Waals surface area contributed by atoms with Crippen LogP contribution in [0.1, 0.15) is 6.42 Å². The lowest BCUT2D eigenvalue weighted by Crippen LogP contribution is -2.44. The first-order valence-electron chi connectivity index (χ1n) is 5.98. The van der Waals surface area contributed by atoms with Crippen molar-refractivity contribution in [2.75, 3.05) is 19.7 Å². The highest BCUT2D eigenvalue weighted by Gasteiger charge is 2.26. The summed E-state index contributed by atoms with van der Waals surface area (Å²) in [5, 5.41) is 6.10. The van der Waals surface area contributed by atoms with Crippen molar-refractivity contribution in [2.24, 2.45) is 5.11 Å². The second-order valence-corrected chi connectivity index (χ2v) is 3.96. The summed E-state index contributed by atoms with van der Waals surface area (Å²) in [6.45, 7) is 1.00. The zero-order chi connectivity index (χ0) is 13.5. The number of fused-ring (bicyclic) bond motifs is 1. The Kier molecular flexibility index (Phi) is 4.47. The lowest BCUT2D eigenvalue weighted by Gasteiger charge is -2.25. The van der Waals surface area contributed by atoms with Crippen molar-refractivity contribution in [2.45, 2.75) is 12.5 Å². The topological polar surface area (TPSA) is 96.3 Å². The molecule has 100 valence electrons. The molecule has 1 aromatic carbocycles. The molecule has 1 unspecified atom stereocenters. The summed E-state index contributed by atoms with van der Waals surface area (Å²) < 4.78 is 11.0.